The summed E-state index contributed by atoms with van der Waals surface area (Å²) in [5.74, 6) is 1.60. The van der Waals surface area contributed by atoms with Gasteiger partial charge in [-0.05, 0) is 111 Å². The zero-order chi connectivity index (χ0) is 22.3. The molecule has 2 aliphatic heterocycles. The lowest BCUT2D eigenvalue weighted by molar-refractivity contribution is 0.146. The van der Waals surface area contributed by atoms with Crippen LogP contribution in [-0.2, 0) is 10.8 Å². The predicted molar refractivity (Wildman–Crippen MR) is 136 cm³/mol. The summed E-state index contributed by atoms with van der Waals surface area (Å²) in [6.07, 6.45) is 14.1. The molecule has 5 rings (SSSR count). The van der Waals surface area contributed by atoms with Crippen LogP contribution in [0.4, 0.5) is 0 Å². The summed E-state index contributed by atoms with van der Waals surface area (Å²) in [7, 11) is 0. The van der Waals surface area contributed by atoms with Crippen LogP contribution < -0.4 is 0 Å². The highest BCUT2D eigenvalue weighted by Gasteiger charge is 2.44. The van der Waals surface area contributed by atoms with E-state index < -0.39 is 0 Å². The first-order valence-electron chi connectivity index (χ1n) is 14.0. The molecule has 4 atom stereocenters. The fraction of sp³-hybridized carbons (Fsp3) is 0.800. The molecule has 2 heterocycles. The summed E-state index contributed by atoms with van der Waals surface area (Å²) in [4.78, 5) is 5.66. The van der Waals surface area contributed by atoms with Crippen molar-refractivity contribution in [3.05, 3.63) is 35.4 Å². The van der Waals surface area contributed by atoms with Crippen molar-refractivity contribution < 1.29 is 0 Å². The second-order valence-corrected chi connectivity index (χ2v) is 12.7. The number of rotatable bonds is 6. The van der Waals surface area contributed by atoms with Crippen LogP contribution in [0.15, 0.2) is 24.3 Å². The standard InChI is InChI=1S/C30H48N2/c1-29(2,25-11-9-13-27(25)31-19-5-6-20-31)23-15-17-24(18-16-23)30(3,4)26-12-10-14-28(26)32-21-7-8-22-32/h15-18,25-28H,5-14,19-22H2,1-4H3. The van der Waals surface area contributed by atoms with Gasteiger partial charge in [0, 0.05) is 12.1 Å². The van der Waals surface area contributed by atoms with E-state index >= 15 is 0 Å². The van der Waals surface area contributed by atoms with E-state index in [2.05, 4.69) is 61.8 Å². The molecule has 178 valence electrons. The Morgan fingerprint density at radius 3 is 1.22 bits per heavy atom. The molecular formula is C30H48N2. The molecular weight excluding hydrogens is 388 g/mol. The lowest BCUT2D eigenvalue weighted by Crippen LogP contribution is -2.44. The van der Waals surface area contributed by atoms with Crippen molar-refractivity contribution in [2.45, 2.75) is 115 Å². The van der Waals surface area contributed by atoms with Crippen molar-refractivity contribution in [1.29, 1.82) is 0 Å². The lowest BCUT2D eigenvalue weighted by atomic mass is 9.68. The van der Waals surface area contributed by atoms with Gasteiger partial charge in [0.1, 0.15) is 0 Å². The molecule has 4 fully saturated rings. The Hall–Kier alpha value is -0.860. The number of likely N-dealkylation sites (tertiary alicyclic amines) is 2. The first-order chi connectivity index (χ1) is 15.4. The molecule has 1 aromatic carbocycles. The highest BCUT2D eigenvalue weighted by atomic mass is 15.2. The van der Waals surface area contributed by atoms with Gasteiger partial charge in [-0.1, -0.05) is 64.8 Å². The summed E-state index contributed by atoms with van der Waals surface area (Å²) in [5.41, 5.74) is 3.65. The normalized spacial score (nSPS) is 32.9. The Morgan fingerprint density at radius 1 is 0.531 bits per heavy atom. The van der Waals surface area contributed by atoms with Crippen molar-refractivity contribution in [1.82, 2.24) is 9.80 Å². The van der Waals surface area contributed by atoms with Crippen LogP contribution in [0, 0.1) is 11.8 Å². The largest absolute Gasteiger partial charge is 0.300 e. The molecule has 2 saturated carbocycles. The first-order valence-corrected chi connectivity index (χ1v) is 14.0. The van der Waals surface area contributed by atoms with Crippen molar-refractivity contribution in [2.24, 2.45) is 11.8 Å². The molecule has 2 nitrogen and oxygen atoms in total. The molecule has 4 unspecified atom stereocenters. The van der Waals surface area contributed by atoms with Gasteiger partial charge in [0.05, 0.1) is 0 Å². The monoisotopic (exact) mass is 436 g/mol. The average molecular weight is 437 g/mol. The van der Waals surface area contributed by atoms with Crippen LogP contribution in [0.2, 0.25) is 0 Å². The van der Waals surface area contributed by atoms with Gasteiger partial charge in [0.15, 0.2) is 0 Å². The van der Waals surface area contributed by atoms with E-state index in [1.54, 1.807) is 11.1 Å². The number of nitrogens with zero attached hydrogens (tertiary/aromatic N) is 2. The third kappa shape index (κ3) is 4.09. The van der Waals surface area contributed by atoms with Gasteiger partial charge in [0.25, 0.3) is 0 Å². The minimum absolute atomic E-state index is 0.262. The Kier molecular flexibility index (Phi) is 6.49. The maximum atomic E-state index is 2.83. The van der Waals surface area contributed by atoms with Gasteiger partial charge in [-0.25, -0.2) is 0 Å². The molecule has 0 spiro atoms. The van der Waals surface area contributed by atoms with Gasteiger partial charge in [-0.2, -0.15) is 0 Å². The van der Waals surface area contributed by atoms with Gasteiger partial charge in [0.2, 0.25) is 0 Å². The predicted octanol–water partition coefficient (Wildman–Crippen LogP) is 6.77. The average Bonchev–Trinajstić information content (AvgIpc) is 3.58. The van der Waals surface area contributed by atoms with E-state index in [1.807, 2.05) is 0 Å². The molecule has 2 heteroatoms. The summed E-state index contributed by atoms with van der Waals surface area (Å²) in [5, 5.41) is 0. The van der Waals surface area contributed by atoms with E-state index in [0.717, 1.165) is 23.9 Å². The van der Waals surface area contributed by atoms with Gasteiger partial charge in [-0.3, -0.25) is 0 Å². The molecule has 0 N–H and O–H groups in total. The van der Waals surface area contributed by atoms with E-state index in [0.29, 0.717) is 0 Å². The molecule has 2 saturated heterocycles. The van der Waals surface area contributed by atoms with Crippen LogP contribution in [0.1, 0.15) is 103 Å². The molecule has 2 aliphatic carbocycles. The quantitative estimate of drug-likeness (QED) is 0.485. The van der Waals surface area contributed by atoms with Crippen LogP contribution in [0.5, 0.6) is 0 Å². The zero-order valence-corrected chi connectivity index (χ0v) is 21.4. The maximum absolute atomic E-state index is 2.83. The van der Waals surface area contributed by atoms with Crippen LogP contribution in [-0.4, -0.2) is 48.1 Å². The molecule has 0 bridgehead atoms. The topological polar surface area (TPSA) is 6.48 Å². The summed E-state index contributed by atoms with van der Waals surface area (Å²) in [6, 6.07) is 11.7. The SMILES string of the molecule is CC(C)(c1ccc(C(C)(C)C2CCCC2N2CCCC2)cc1)C1CCCC1N1CCCC1. The van der Waals surface area contributed by atoms with Crippen molar-refractivity contribution in [3.8, 4) is 0 Å². The summed E-state index contributed by atoms with van der Waals surface area (Å²) in [6.45, 7) is 15.5. The Morgan fingerprint density at radius 2 is 0.875 bits per heavy atom. The fourth-order valence-corrected chi connectivity index (χ4v) is 8.34. The van der Waals surface area contributed by atoms with Crippen molar-refractivity contribution in [2.75, 3.05) is 26.2 Å². The van der Waals surface area contributed by atoms with Crippen molar-refractivity contribution >= 4 is 0 Å². The fourth-order valence-electron chi connectivity index (χ4n) is 8.34. The first kappa shape index (κ1) is 22.9. The second kappa shape index (κ2) is 9.06. The van der Waals surface area contributed by atoms with E-state index in [-0.39, 0.29) is 10.8 Å². The van der Waals surface area contributed by atoms with E-state index in [4.69, 9.17) is 0 Å². The molecule has 0 radical (unpaired) electrons. The van der Waals surface area contributed by atoms with Gasteiger partial charge in [-0.15, -0.1) is 0 Å². The highest BCUT2D eigenvalue weighted by Crippen LogP contribution is 2.47. The lowest BCUT2D eigenvalue weighted by Gasteiger charge is -2.41. The Labute approximate surface area is 198 Å². The minimum Gasteiger partial charge on any atom is -0.300 e. The zero-order valence-electron chi connectivity index (χ0n) is 21.4. The minimum atomic E-state index is 0.262. The molecule has 4 aliphatic rings. The molecule has 32 heavy (non-hydrogen) atoms. The van der Waals surface area contributed by atoms with Crippen LogP contribution >= 0.6 is 0 Å². The Balaban J connectivity index is 1.33. The molecule has 0 aromatic heterocycles. The highest BCUT2D eigenvalue weighted by molar-refractivity contribution is 5.34. The van der Waals surface area contributed by atoms with E-state index in [9.17, 15) is 0 Å². The summed E-state index contributed by atoms with van der Waals surface area (Å²) < 4.78 is 0. The summed E-state index contributed by atoms with van der Waals surface area (Å²) >= 11 is 0. The van der Waals surface area contributed by atoms with Crippen LogP contribution in [0.3, 0.4) is 0 Å². The molecule has 1 aromatic rings. The number of hydrogen-bond donors (Lipinski definition) is 0. The smallest absolute Gasteiger partial charge is 0.0132 e. The maximum Gasteiger partial charge on any atom is 0.0132 e. The molecule has 0 amide bonds. The Bertz CT molecular complexity index is 687. The van der Waals surface area contributed by atoms with Gasteiger partial charge >= 0.3 is 0 Å². The van der Waals surface area contributed by atoms with Crippen molar-refractivity contribution in [3.63, 3.8) is 0 Å². The number of hydrogen-bond acceptors (Lipinski definition) is 2. The number of benzene rings is 1. The van der Waals surface area contributed by atoms with E-state index in [1.165, 1.54) is 90.4 Å². The third-order valence-electron chi connectivity index (χ3n) is 10.4. The van der Waals surface area contributed by atoms with Crippen LogP contribution in [0.25, 0.3) is 0 Å². The van der Waals surface area contributed by atoms with Gasteiger partial charge < -0.3 is 9.80 Å². The second-order valence-electron chi connectivity index (χ2n) is 12.7. The third-order valence-corrected chi connectivity index (χ3v) is 10.4.